The number of amides is 3. The Morgan fingerprint density at radius 2 is 1.06 bits per heavy atom. The number of nitrogen functional groups attached to an aromatic ring is 1. The molecule has 8 rings (SSSR count). The maximum absolute atomic E-state index is 12.8. The Bertz CT molecular complexity index is 2660. The molecule has 64 heavy (non-hydrogen) atoms. The van der Waals surface area contributed by atoms with Gasteiger partial charge in [-0.1, -0.05) is 23.2 Å². The van der Waals surface area contributed by atoms with Crippen molar-refractivity contribution >= 4 is 97.9 Å². The highest BCUT2D eigenvalue weighted by molar-refractivity contribution is 6.31. The van der Waals surface area contributed by atoms with Gasteiger partial charge in [0, 0.05) is 105 Å². The lowest BCUT2D eigenvalue weighted by molar-refractivity contribution is -0.156. The maximum Gasteiger partial charge on any atom is 0.310 e. The van der Waals surface area contributed by atoms with E-state index in [2.05, 4.69) is 52.2 Å². The number of carbonyl (C=O) groups is 5. The van der Waals surface area contributed by atoms with Crippen LogP contribution >= 0.6 is 23.2 Å². The average molecular weight is 914 g/mol. The molecule has 18 nitrogen and oxygen atoms in total. The summed E-state index contributed by atoms with van der Waals surface area (Å²) in [6.45, 7) is 13.8. The van der Waals surface area contributed by atoms with Crippen LogP contribution in [-0.4, -0.2) is 121 Å². The summed E-state index contributed by atoms with van der Waals surface area (Å²) in [5.74, 6) is -0.424. The smallest absolute Gasteiger partial charge is 0.310 e. The lowest BCUT2D eigenvalue weighted by Crippen LogP contribution is -2.49. The van der Waals surface area contributed by atoms with Crippen molar-refractivity contribution in [1.29, 1.82) is 0 Å². The van der Waals surface area contributed by atoms with Gasteiger partial charge in [-0.25, -0.2) is 19.3 Å². The van der Waals surface area contributed by atoms with Gasteiger partial charge in [0.05, 0.1) is 12.4 Å². The normalized spacial score (nSPS) is 13.7. The number of pyridine rings is 2. The van der Waals surface area contributed by atoms with E-state index in [1.165, 1.54) is 20.8 Å². The average Bonchev–Trinajstić information content (AvgIpc) is 3.85. The van der Waals surface area contributed by atoms with Crippen LogP contribution < -0.4 is 20.9 Å². The molecule has 0 aliphatic carbocycles. The van der Waals surface area contributed by atoms with Crippen LogP contribution in [0, 0.1) is 13.8 Å². The van der Waals surface area contributed by atoms with Crippen LogP contribution in [0.4, 0.5) is 23.0 Å². The third kappa shape index (κ3) is 12.2. The second kappa shape index (κ2) is 21.1. The molecule has 4 aromatic heterocycles. The Morgan fingerprint density at radius 3 is 1.47 bits per heavy atom. The minimum absolute atomic E-state index is 0.00123. The number of halogens is 2. The van der Waals surface area contributed by atoms with Gasteiger partial charge in [0.2, 0.25) is 17.7 Å². The van der Waals surface area contributed by atoms with E-state index < -0.39 is 11.9 Å². The van der Waals surface area contributed by atoms with Crippen LogP contribution in [0.5, 0.6) is 0 Å². The van der Waals surface area contributed by atoms with Crippen molar-refractivity contribution in [2.75, 3.05) is 73.2 Å². The Balaban J connectivity index is 0.000000186. The van der Waals surface area contributed by atoms with Crippen LogP contribution in [0.1, 0.15) is 31.9 Å². The van der Waals surface area contributed by atoms with E-state index in [4.69, 9.17) is 28.9 Å². The molecule has 3 N–H and O–H groups in total. The van der Waals surface area contributed by atoms with Crippen LogP contribution in [0.3, 0.4) is 0 Å². The second-order valence-electron chi connectivity index (χ2n) is 15.2. The molecule has 2 aliphatic rings. The molecule has 0 spiro atoms. The minimum Gasteiger partial charge on any atom is -0.394 e. The fourth-order valence-electron chi connectivity index (χ4n) is 7.14. The quantitative estimate of drug-likeness (QED) is 0.158. The van der Waals surface area contributed by atoms with Crippen molar-refractivity contribution in [3.05, 3.63) is 94.2 Å². The molecule has 6 heterocycles. The molecule has 3 amide bonds. The minimum atomic E-state index is -0.562. The highest BCUT2D eigenvalue weighted by Crippen LogP contribution is 2.25. The SMILES string of the molecule is CC(=O)Nc1ccc2cnn(CC(=O)N3CCN(c4ccc(Cl)c(C)c4)CC3)c2n1.CC(=O)OC(C)=O.Cc1cc(N2CCN(C(=O)Cn3ncc4ccc(N)nc43)CC2)ccc1Cl. The molecule has 0 bridgehead atoms. The number of anilines is 4. The van der Waals surface area contributed by atoms with Gasteiger partial charge in [0.1, 0.15) is 24.7 Å². The predicted molar refractivity (Wildman–Crippen MR) is 246 cm³/mol. The lowest BCUT2D eigenvalue weighted by atomic mass is 10.2. The van der Waals surface area contributed by atoms with Crippen LogP contribution in [0.25, 0.3) is 22.1 Å². The fourth-order valence-corrected chi connectivity index (χ4v) is 7.38. The number of nitrogens with zero attached hydrogens (tertiary/aromatic N) is 10. The number of aromatic nitrogens is 6. The summed E-state index contributed by atoms with van der Waals surface area (Å²) in [6, 6.07) is 19.2. The first-order valence-electron chi connectivity index (χ1n) is 20.5. The van der Waals surface area contributed by atoms with E-state index in [1.54, 1.807) is 33.9 Å². The first-order chi connectivity index (χ1) is 30.5. The number of aryl methyl sites for hydroxylation is 2. The molecule has 0 saturated carbocycles. The first-order valence-corrected chi connectivity index (χ1v) is 21.2. The Morgan fingerprint density at radius 1 is 0.625 bits per heavy atom. The highest BCUT2D eigenvalue weighted by Gasteiger charge is 2.24. The predicted octanol–water partition coefficient (Wildman–Crippen LogP) is 5.12. The van der Waals surface area contributed by atoms with Crippen LogP contribution in [-0.2, 0) is 41.8 Å². The molecule has 20 heteroatoms. The monoisotopic (exact) mass is 912 g/mol. The number of nitrogens with one attached hydrogen (secondary N) is 1. The van der Waals surface area contributed by atoms with E-state index in [1.807, 2.05) is 60.0 Å². The molecule has 2 fully saturated rings. The van der Waals surface area contributed by atoms with Crippen LogP contribution in [0.15, 0.2) is 73.1 Å². The molecule has 2 saturated heterocycles. The molecular weight excluding hydrogens is 863 g/mol. The van der Waals surface area contributed by atoms with E-state index >= 15 is 0 Å². The van der Waals surface area contributed by atoms with Gasteiger partial charge in [-0.3, -0.25) is 24.0 Å². The summed E-state index contributed by atoms with van der Waals surface area (Å²) in [5, 5.41) is 14.5. The molecule has 6 aromatic rings. The van der Waals surface area contributed by atoms with Crippen LogP contribution in [0.2, 0.25) is 10.0 Å². The number of hydrogen-bond acceptors (Lipinski definition) is 13. The largest absolute Gasteiger partial charge is 0.394 e. The number of benzene rings is 2. The summed E-state index contributed by atoms with van der Waals surface area (Å²) in [4.78, 5) is 73.4. The zero-order chi connectivity index (χ0) is 46.1. The number of rotatable bonds is 7. The highest BCUT2D eigenvalue weighted by atomic mass is 35.5. The van der Waals surface area contributed by atoms with Gasteiger partial charge in [-0.2, -0.15) is 10.2 Å². The number of esters is 2. The number of ether oxygens (including phenoxy) is 1. The molecular formula is C44H50Cl2N12O6. The molecule has 2 aliphatic heterocycles. The van der Waals surface area contributed by atoms with Crippen molar-refractivity contribution in [3.63, 3.8) is 0 Å². The Hall–Kier alpha value is -6.79. The molecule has 0 radical (unpaired) electrons. The summed E-state index contributed by atoms with van der Waals surface area (Å²) in [7, 11) is 0. The number of piperazine rings is 2. The topological polar surface area (TPSA) is 207 Å². The number of hydrogen-bond donors (Lipinski definition) is 2. The summed E-state index contributed by atoms with van der Waals surface area (Å²) in [6.07, 6.45) is 3.38. The van der Waals surface area contributed by atoms with Gasteiger partial charge in [-0.05, 0) is 85.6 Å². The van der Waals surface area contributed by atoms with E-state index in [0.29, 0.717) is 49.1 Å². The molecule has 2 aromatic carbocycles. The van der Waals surface area contributed by atoms with Crippen molar-refractivity contribution in [3.8, 4) is 0 Å². The zero-order valence-corrected chi connectivity index (χ0v) is 37.8. The number of carbonyl (C=O) groups excluding carboxylic acids is 5. The van der Waals surface area contributed by atoms with Crippen molar-refractivity contribution < 1.29 is 28.7 Å². The summed E-state index contributed by atoms with van der Waals surface area (Å²) >= 11 is 12.2. The van der Waals surface area contributed by atoms with Gasteiger partial charge in [-0.15, -0.1) is 0 Å². The first kappa shape index (κ1) is 46.7. The van der Waals surface area contributed by atoms with E-state index in [0.717, 1.165) is 69.5 Å². The summed E-state index contributed by atoms with van der Waals surface area (Å²) < 4.78 is 7.17. The lowest BCUT2D eigenvalue weighted by Gasteiger charge is -2.36. The Kier molecular flexibility index (Phi) is 15.4. The number of nitrogens with two attached hydrogens (primary N) is 1. The number of fused-ring (bicyclic) bond motifs is 2. The van der Waals surface area contributed by atoms with Gasteiger partial charge < -0.3 is 35.4 Å². The van der Waals surface area contributed by atoms with Gasteiger partial charge in [0.25, 0.3) is 0 Å². The van der Waals surface area contributed by atoms with Crippen molar-refractivity contribution in [1.82, 2.24) is 39.3 Å². The molecule has 0 unspecified atom stereocenters. The van der Waals surface area contributed by atoms with Gasteiger partial charge in [0.15, 0.2) is 11.3 Å². The third-order valence-corrected chi connectivity index (χ3v) is 11.3. The molecule has 336 valence electrons. The van der Waals surface area contributed by atoms with Gasteiger partial charge >= 0.3 is 11.9 Å². The van der Waals surface area contributed by atoms with Crippen molar-refractivity contribution in [2.24, 2.45) is 0 Å². The standard InChI is InChI=1S/C21H23ClN6O2.C19H21ClN6O.C4H6O3/c1-14-11-17(4-5-18(14)22)26-7-9-27(10-8-26)20(30)13-28-21-16(12-23-28)3-6-19(25-21)24-15(2)29;1-13-10-15(3-4-16(13)20)24-6-8-25(9-7-24)18(27)12-26-19-14(11-22-26)2-5-17(21)23-19;1-3(5)7-4(2)6/h3-6,11-12H,7-10,13H2,1-2H3,(H,24,25,29);2-5,10-11H,6-9,12H2,1H3,(H2,21,23);1-2H3. The fraction of sp³-hybridized carbons (Fsp3) is 0.341. The van der Waals surface area contributed by atoms with E-state index in [-0.39, 0.29) is 30.8 Å². The third-order valence-electron chi connectivity index (χ3n) is 10.4. The van der Waals surface area contributed by atoms with E-state index in [9.17, 15) is 24.0 Å². The maximum atomic E-state index is 12.8. The zero-order valence-electron chi connectivity index (χ0n) is 36.3. The molecule has 0 atom stereocenters. The Labute approximate surface area is 379 Å². The summed E-state index contributed by atoms with van der Waals surface area (Å²) in [5.41, 5.74) is 11.3. The second-order valence-corrected chi connectivity index (χ2v) is 16.0. The van der Waals surface area contributed by atoms with Crippen molar-refractivity contribution in [2.45, 2.75) is 47.7 Å².